The van der Waals surface area contributed by atoms with E-state index in [1.807, 2.05) is 49.4 Å². The third-order valence-electron chi connectivity index (χ3n) is 3.69. The lowest BCUT2D eigenvalue weighted by Crippen LogP contribution is -2.41. The maximum Gasteiger partial charge on any atom is 0.305 e. The van der Waals surface area contributed by atoms with Gasteiger partial charge in [-0.05, 0) is 25.3 Å². The summed E-state index contributed by atoms with van der Waals surface area (Å²) in [5.41, 5.74) is 0. The average Bonchev–Trinajstić information content (AvgIpc) is 2.55. The predicted octanol–water partition coefficient (Wildman–Crippen LogP) is 2.93. The van der Waals surface area contributed by atoms with Crippen molar-refractivity contribution in [2.24, 2.45) is 0 Å². The number of hydrogen-bond acceptors (Lipinski definition) is 3. The number of carboxylic acids is 1. The third kappa shape index (κ3) is 4.22. The Balaban J connectivity index is 2.11. The molecule has 0 aromatic heterocycles. The highest BCUT2D eigenvalue weighted by atomic mass is 16.5. The Labute approximate surface area is 135 Å². The molecular weight excluding hydrogens is 294 g/mol. The van der Waals surface area contributed by atoms with E-state index in [9.17, 15) is 9.59 Å². The first-order valence-electron chi connectivity index (χ1n) is 7.68. The zero-order valence-corrected chi connectivity index (χ0v) is 13.4. The molecule has 5 heteroatoms. The van der Waals surface area contributed by atoms with Crippen molar-refractivity contribution in [3.8, 4) is 5.75 Å². The van der Waals surface area contributed by atoms with E-state index >= 15 is 0 Å². The Morgan fingerprint density at radius 3 is 2.57 bits per heavy atom. The van der Waals surface area contributed by atoms with Gasteiger partial charge < -0.3 is 14.7 Å². The molecule has 2 aromatic rings. The van der Waals surface area contributed by atoms with Crippen LogP contribution in [0, 0.1) is 0 Å². The highest BCUT2D eigenvalue weighted by Crippen LogP contribution is 2.26. The number of benzene rings is 2. The van der Waals surface area contributed by atoms with Gasteiger partial charge in [-0.25, -0.2) is 0 Å². The largest absolute Gasteiger partial charge is 0.481 e. The van der Waals surface area contributed by atoms with Crippen LogP contribution in [0.3, 0.4) is 0 Å². The molecular formula is C18H21NO4. The number of carboxylic acid groups (broad SMARTS) is 1. The second-order valence-electron chi connectivity index (χ2n) is 5.30. The molecule has 1 atom stereocenters. The highest BCUT2D eigenvalue weighted by molar-refractivity contribution is 5.89. The maximum atomic E-state index is 12.4. The number of nitrogens with zero attached hydrogens (tertiary/aromatic N) is 1. The summed E-state index contributed by atoms with van der Waals surface area (Å²) < 4.78 is 5.84. The van der Waals surface area contributed by atoms with Gasteiger partial charge in [-0.2, -0.15) is 0 Å². The minimum Gasteiger partial charge on any atom is -0.481 e. The molecule has 0 heterocycles. The van der Waals surface area contributed by atoms with Crippen LogP contribution in [-0.4, -0.2) is 41.1 Å². The maximum absolute atomic E-state index is 12.4. The first kappa shape index (κ1) is 16.8. The van der Waals surface area contributed by atoms with Crippen LogP contribution < -0.4 is 4.74 Å². The molecule has 0 saturated carbocycles. The standard InChI is InChI=1S/C18H21NO4/c1-3-19(12-11-17(20)21)18(22)13(2)23-16-10-6-8-14-7-4-5-9-15(14)16/h4-10,13H,3,11-12H2,1-2H3,(H,20,21). The van der Waals surface area contributed by atoms with E-state index in [1.165, 1.54) is 4.90 Å². The molecule has 23 heavy (non-hydrogen) atoms. The Morgan fingerprint density at radius 1 is 1.17 bits per heavy atom. The average molecular weight is 315 g/mol. The van der Waals surface area contributed by atoms with Gasteiger partial charge in [0.05, 0.1) is 6.42 Å². The molecule has 5 nitrogen and oxygen atoms in total. The summed E-state index contributed by atoms with van der Waals surface area (Å²) in [6.07, 6.45) is -0.741. The van der Waals surface area contributed by atoms with Gasteiger partial charge in [0.15, 0.2) is 6.10 Å². The number of carbonyl (C=O) groups is 2. The van der Waals surface area contributed by atoms with Crippen LogP contribution in [0.2, 0.25) is 0 Å². The fourth-order valence-corrected chi connectivity index (χ4v) is 2.45. The van der Waals surface area contributed by atoms with Crippen molar-refractivity contribution in [3.05, 3.63) is 42.5 Å². The molecule has 0 spiro atoms. The van der Waals surface area contributed by atoms with Gasteiger partial charge in [-0.1, -0.05) is 36.4 Å². The van der Waals surface area contributed by atoms with Crippen LogP contribution in [0.1, 0.15) is 20.3 Å². The SMILES string of the molecule is CCN(CCC(=O)O)C(=O)C(C)Oc1cccc2ccccc12. The number of likely N-dealkylation sites (N-methyl/N-ethyl adjacent to an activating group) is 1. The number of ether oxygens (including phenoxy) is 1. The molecule has 0 radical (unpaired) electrons. The molecule has 2 rings (SSSR count). The van der Waals surface area contributed by atoms with Crippen molar-refractivity contribution in [2.45, 2.75) is 26.4 Å². The first-order chi connectivity index (χ1) is 11.0. The molecule has 0 saturated heterocycles. The minimum absolute atomic E-state index is 0.0689. The topological polar surface area (TPSA) is 66.8 Å². The Hall–Kier alpha value is -2.56. The van der Waals surface area contributed by atoms with Crippen molar-refractivity contribution in [1.82, 2.24) is 4.90 Å². The van der Waals surface area contributed by atoms with Crippen LogP contribution in [0.5, 0.6) is 5.75 Å². The number of carbonyl (C=O) groups excluding carboxylic acids is 1. The number of amides is 1. The predicted molar refractivity (Wildman–Crippen MR) is 88.5 cm³/mol. The summed E-state index contributed by atoms with van der Waals surface area (Å²) in [6, 6.07) is 13.5. The summed E-state index contributed by atoms with van der Waals surface area (Å²) in [7, 11) is 0. The summed E-state index contributed by atoms with van der Waals surface area (Å²) in [5.74, 6) is -0.473. The second-order valence-corrected chi connectivity index (χ2v) is 5.30. The smallest absolute Gasteiger partial charge is 0.305 e. The normalized spacial score (nSPS) is 11.9. The van der Waals surface area contributed by atoms with E-state index in [0.29, 0.717) is 12.3 Å². The molecule has 0 aliphatic rings. The van der Waals surface area contributed by atoms with Crippen LogP contribution in [-0.2, 0) is 9.59 Å². The van der Waals surface area contributed by atoms with Gasteiger partial charge in [0.1, 0.15) is 5.75 Å². The van der Waals surface area contributed by atoms with E-state index in [-0.39, 0.29) is 18.9 Å². The number of fused-ring (bicyclic) bond motifs is 1. The Bertz CT molecular complexity index is 693. The summed E-state index contributed by atoms with van der Waals surface area (Å²) in [4.78, 5) is 24.6. The molecule has 0 fully saturated rings. The van der Waals surface area contributed by atoms with E-state index < -0.39 is 12.1 Å². The van der Waals surface area contributed by atoms with E-state index in [4.69, 9.17) is 9.84 Å². The number of aliphatic carboxylic acids is 1. The van der Waals surface area contributed by atoms with Gasteiger partial charge >= 0.3 is 5.97 Å². The fraction of sp³-hybridized carbons (Fsp3) is 0.333. The first-order valence-corrected chi connectivity index (χ1v) is 7.68. The zero-order valence-electron chi connectivity index (χ0n) is 13.4. The zero-order chi connectivity index (χ0) is 16.8. The van der Waals surface area contributed by atoms with E-state index in [1.54, 1.807) is 6.92 Å². The van der Waals surface area contributed by atoms with Crippen LogP contribution in [0.4, 0.5) is 0 Å². The van der Waals surface area contributed by atoms with Crippen molar-refractivity contribution < 1.29 is 19.4 Å². The molecule has 0 bridgehead atoms. The minimum atomic E-state index is -0.918. The van der Waals surface area contributed by atoms with Crippen molar-refractivity contribution in [2.75, 3.05) is 13.1 Å². The van der Waals surface area contributed by atoms with E-state index in [0.717, 1.165) is 10.8 Å². The fourth-order valence-electron chi connectivity index (χ4n) is 2.45. The molecule has 1 amide bonds. The summed E-state index contributed by atoms with van der Waals surface area (Å²) in [5, 5.41) is 10.8. The third-order valence-corrected chi connectivity index (χ3v) is 3.69. The van der Waals surface area contributed by atoms with Gasteiger partial charge in [0, 0.05) is 18.5 Å². The van der Waals surface area contributed by atoms with Crippen LogP contribution >= 0.6 is 0 Å². The van der Waals surface area contributed by atoms with Gasteiger partial charge in [0.25, 0.3) is 5.91 Å². The molecule has 2 aromatic carbocycles. The molecule has 1 unspecified atom stereocenters. The molecule has 122 valence electrons. The quantitative estimate of drug-likeness (QED) is 0.853. The van der Waals surface area contributed by atoms with E-state index in [2.05, 4.69) is 0 Å². The molecule has 0 aliphatic carbocycles. The van der Waals surface area contributed by atoms with Crippen molar-refractivity contribution in [1.29, 1.82) is 0 Å². The van der Waals surface area contributed by atoms with Crippen molar-refractivity contribution in [3.63, 3.8) is 0 Å². The monoisotopic (exact) mass is 315 g/mol. The van der Waals surface area contributed by atoms with Gasteiger partial charge in [-0.15, -0.1) is 0 Å². The van der Waals surface area contributed by atoms with Gasteiger partial charge in [-0.3, -0.25) is 9.59 Å². The number of hydrogen-bond donors (Lipinski definition) is 1. The molecule has 0 aliphatic heterocycles. The highest BCUT2D eigenvalue weighted by Gasteiger charge is 2.22. The van der Waals surface area contributed by atoms with Gasteiger partial charge in [0.2, 0.25) is 0 Å². The number of rotatable bonds is 7. The lowest BCUT2D eigenvalue weighted by atomic mass is 10.1. The molecule has 1 N–H and O–H groups in total. The Kier molecular flexibility index (Phi) is 5.57. The van der Waals surface area contributed by atoms with Crippen LogP contribution in [0.25, 0.3) is 10.8 Å². The lowest BCUT2D eigenvalue weighted by Gasteiger charge is -2.24. The summed E-state index contributed by atoms with van der Waals surface area (Å²) >= 11 is 0. The lowest BCUT2D eigenvalue weighted by molar-refractivity contribution is -0.140. The van der Waals surface area contributed by atoms with Crippen LogP contribution in [0.15, 0.2) is 42.5 Å². The second kappa shape index (κ2) is 7.63. The summed E-state index contributed by atoms with van der Waals surface area (Å²) in [6.45, 7) is 4.15. The van der Waals surface area contributed by atoms with Crippen molar-refractivity contribution >= 4 is 22.6 Å². The Morgan fingerprint density at radius 2 is 1.87 bits per heavy atom.